The monoisotopic (exact) mass is 364 g/mol. The standard InChI is InChI=1S/C21H21FN4O/c22-17-6-4-15(5-7-17)13-20(27)26-12-2-1-3-19(26)21-18(14-24-25-21)16-8-10-23-11-9-16/h4-11,14,19H,1-3,12-13H2,(H,24,25). The number of halogens is 1. The first kappa shape index (κ1) is 17.4. The van der Waals surface area contributed by atoms with E-state index in [1.807, 2.05) is 23.2 Å². The molecule has 1 unspecified atom stereocenters. The Morgan fingerprint density at radius 3 is 2.70 bits per heavy atom. The van der Waals surface area contributed by atoms with Crippen LogP contribution in [-0.2, 0) is 11.2 Å². The van der Waals surface area contributed by atoms with E-state index in [2.05, 4.69) is 15.2 Å². The largest absolute Gasteiger partial charge is 0.334 e. The van der Waals surface area contributed by atoms with Gasteiger partial charge in [0.2, 0.25) is 5.91 Å². The van der Waals surface area contributed by atoms with E-state index in [4.69, 9.17) is 0 Å². The van der Waals surface area contributed by atoms with Crippen LogP contribution in [0, 0.1) is 5.82 Å². The number of amides is 1. The fourth-order valence-electron chi connectivity index (χ4n) is 3.72. The van der Waals surface area contributed by atoms with Crippen LogP contribution in [0.5, 0.6) is 0 Å². The molecule has 3 heterocycles. The molecular formula is C21H21FN4O. The summed E-state index contributed by atoms with van der Waals surface area (Å²) in [6, 6.07) is 10.00. The van der Waals surface area contributed by atoms with Gasteiger partial charge in [-0.1, -0.05) is 12.1 Å². The summed E-state index contributed by atoms with van der Waals surface area (Å²) in [6.07, 6.45) is 8.55. The molecule has 0 aliphatic carbocycles. The number of rotatable bonds is 4. The van der Waals surface area contributed by atoms with Crippen LogP contribution in [0.4, 0.5) is 4.39 Å². The first-order valence-electron chi connectivity index (χ1n) is 9.20. The molecule has 1 saturated heterocycles. The first-order chi connectivity index (χ1) is 13.2. The van der Waals surface area contributed by atoms with Gasteiger partial charge in [0.05, 0.1) is 24.4 Å². The zero-order valence-corrected chi connectivity index (χ0v) is 14.9. The van der Waals surface area contributed by atoms with Gasteiger partial charge in [0.15, 0.2) is 0 Å². The lowest BCUT2D eigenvalue weighted by atomic mass is 9.94. The third-order valence-corrected chi connectivity index (χ3v) is 5.09. The Morgan fingerprint density at radius 1 is 1.15 bits per heavy atom. The maximum atomic E-state index is 13.1. The molecule has 27 heavy (non-hydrogen) atoms. The summed E-state index contributed by atoms with van der Waals surface area (Å²) < 4.78 is 13.1. The van der Waals surface area contributed by atoms with Crippen LogP contribution in [0.3, 0.4) is 0 Å². The van der Waals surface area contributed by atoms with Crippen molar-refractivity contribution in [2.24, 2.45) is 0 Å². The number of H-pyrrole nitrogens is 1. The second-order valence-electron chi connectivity index (χ2n) is 6.84. The van der Waals surface area contributed by atoms with Crippen LogP contribution in [0.25, 0.3) is 11.1 Å². The molecule has 1 N–H and O–H groups in total. The van der Waals surface area contributed by atoms with Crippen LogP contribution in [-0.4, -0.2) is 32.5 Å². The highest BCUT2D eigenvalue weighted by Gasteiger charge is 2.30. The van der Waals surface area contributed by atoms with Gasteiger partial charge in [-0.2, -0.15) is 5.10 Å². The minimum Gasteiger partial charge on any atom is -0.334 e. The molecule has 0 saturated carbocycles. The van der Waals surface area contributed by atoms with E-state index < -0.39 is 0 Å². The second kappa shape index (κ2) is 7.70. The number of carbonyl (C=O) groups excluding carboxylic acids is 1. The Balaban J connectivity index is 1.59. The minimum absolute atomic E-state index is 0.0302. The maximum absolute atomic E-state index is 13.1. The third-order valence-electron chi connectivity index (χ3n) is 5.09. The zero-order chi connectivity index (χ0) is 18.6. The quantitative estimate of drug-likeness (QED) is 0.764. The number of aromatic nitrogens is 3. The molecule has 0 radical (unpaired) electrons. The average molecular weight is 364 g/mol. The molecule has 1 aliphatic heterocycles. The number of hydrogen-bond donors (Lipinski definition) is 1. The number of aromatic amines is 1. The number of nitrogens with one attached hydrogen (secondary N) is 1. The van der Waals surface area contributed by atoms with Crippen LogP contribution < -0.4 is 0 Å². The first-order valence-corrected chi connectivity index (χ1v) is 9.20. The molecule has 1 aromatic carbocycles. The average Bonchev–Trinajstić information content (AvgIpc) is 3.20. The van der Waals surface area contributed by atoms with Crippen LogP contribution in [0.15, 0.2) is 55.0 Å². The normalized spacial score (nSPS) is 17.1. The Kier molecular flexibility index (Phi) is 4.96. The molecule has 1 aliphatic rings. The van der Waals surface area contributed by atoms with Crippen molar-refractivity contribution in [1.29, 1.82) is 0 Å². The summed E-state index contributed by atoms with van der Waals surface area (Å²) in [4.78, 5) is 19.0. The smallest absolute Gasteiger partial charge is 0.227 e. The Hall–Kier alpha value is -3.02. The predicted molar refractivity (Wildman–Crippen MR) is 100 cm³/mol. The van der Waals surface area contributed by atoms with Gasteiger partial charge < -0.3 is 4.90 Å². The molecule has 1 atom stereocenters. The summed E-state index contributed by atoms with van der Waals surface area (Å²) in [5.41, 5.74) is 3.83. The third kappa shape index (κ3) is 3.74. The Morgan fingerprint density at radius 2 is 1.93 bits per heavy atom. The molecule has 1 fully saturated rings. The van der Waals surface area contributed by atoms with E-state index >= 15 is 0 Å². The van der Waals surface area contributed by atoms with Crippen molar-refractivity contribution in [3.8, 4) is 11.1 Å². The van der Waals surface area contributed by atoms with E-state index in [0.29, 0.717) is 0 Å². The van der Waals surface area contributed by atoms with Crippen LogP contribution in [0.2, 0.25) is 0 Å². The van der Waals surface area contributed by atoms with E-state index in [-0.39, 0.29) is 24.2 Å². The molecule has 4 rings (SSSR count). The van der Waals surface area contributed by atoms with E-state index in [1.54, 1.807) is 24.5 Å². The number of nitrogens with zero attached hydrogens (tertiary/aromatic N) is 3. The number of likely N-dealkylation sites (tertiary alicyclic amines) is 1. The minimum atomic E-state index is -0.290. The lowest BCUT2D eigenvalue weighted by Crippen LogP contribution is -2.39. The molecule has 2 aromatic heterocycles. The highest BCUT2D eigenvalue weighted by molar-refractivity contribution is 5.80. The molecule has 6 heteroatoms. The van der Waals surface area contributed by atoms with Crippen molar-refractivity contribution < 1.29 is 9.18 Å². The highest BCUT2D eigenvalue weighted by atomic mass is 19.1. The fraction of sp³-hybridized carbons (Fsp3) is 0.286. The van der Waals surface area contributed by atoms with Crippen LogP contribution >= 0.6 is 0 Å². The van der Waals surface area contributed by atoms with Crippen molar-refractivity contribution in [3.05, 3.63) is 72.1 Å². The molecule has 138 valence electrons. The lowest BCUT2D eigenvalue weighted by molar-refractivity contribution is -0.134. The van der Waals surface area contributed by atoms with Crippen molar-refractivity contribution in [1.82, 2.24) is 20.1 Å². The molecule has 3 aromatic rings. The predicted octanol–water partition coefficient (Wildman–Crippen LogP) is 3.91. The van der Waals surface area contributed by atoms with E-state index in [0.717, 1.165) is 48.2 Å². The molecular weight excluding hydrogens is 343 g/mol. The lowest BCUT2D eigenvalue weighted by Gasteiger charge is -2.36. The summed E-state index contributed by atoms with van der Waals surface area (Å²) in [5, 5.41) is 7.35. The number of benzene rings is 1. The van der Waals surface area contributed by atoms with Crippen molar-refractivity contribution in [2.75, 3.05) is 6.54 Å². The van der Waals surface area contributed by atoms with Crippen LogP contribution in [0.1, 0.15) is 36.6 Å². The van der Waals surface area contributed by atoms with Gasteiger partial charge in [0.1, 0.15) is 5.82 Å². The molecule has 0 bridgehead atoms. The van der Waals surface area contributed by atoms with Gasteiger partial charge in [-0.15, -0.1) is 0 Å². The Labute approximate surface area is 157 Å². The second-order valence-corrected chi connectivity index (χ2v) is 6.84. The maximum Gasteiger partial charge on any atom is 0.227 e. The summed E-state index contributed by atoms with van der Waals surface area (Å²) in [5.74, 6) is -0.233. The number of pyridine rings is 1. The fourth-order valence-corrected chi connectivity index (χ4v) is 3.72. The highest BCUT2D eigenvalue weighted by Crippen LogP contribution is 2.35. The molecule has 5 nitrogen and oxygen atoms in total. The van der Waals surface area contributed by atoms with Gasteiger partial charge in [-0.3, -0.25) is 14.9 Å². The van der Waals surface area contributed by atoms with E-state index in [1.165, 1.54) is 12.1 Å². The van der Waals surface area contributed by atoms with E-state index in [9.17, 15) is 9.18 Å². The Bertz CT molecular complexity index is 907. The van der Waals surface area contributed by atoms with Crippen molar-refractivity contribution >= 4 is 5.91 Å². The number of hydrogen-bond acceptors (Lipinski definition) is 3. The zero-order valence-electron chi connectivity index (χ0n) is 14.9. The SMILES string of the molecule is O=C(Cc1ccc(F)cc1)N1CCCCC1c1[nH]ncc1-c1ccncc1. The van der Waals surface area contributed by atoms with Gasteiger partial charge in [-0.25, -0.2) is 4.39 Å². The van der Waals surface area contributed by atoms with Gasteiger partial charge in [-0.05, 0) is 54.7 Å². The van der Waals surface area contributed by atoms with Gasteiger partial charge in [0, 0.05) is 24.5 Å². The summed E-state index contributed by atoms with van der Waals surface area (Å²) in [6.45, 7) is 0.722. The summed E-state index contributed by atoms with van der Waals surface area (Å²) in [7, 11) is 0. The molecule has 0 spiro atoms. The topological polar surface area (TPSA) is 61.9 Å². The number of carbonyl (C=O) groups is 1. The summed E-state index contributed by atoms with van der Waals surface area (Å²) >= 11 is 0. The van der Waals surface area contributed by atoms with Crippen molar-refractivity contribution in [2.45, 2.75) is 31.7 Å². The van der Waals surface area contributed by atoms with Gasteiger partial charge >= 0.3 is 0 Å². The number of piperidine rings is 1. The van der Waals surface area contributed by atoms with Crippen molar-refractivity contribution in [3.63, 3.8) is 0 Å². The molecule has 1 amide bonds. The van der Waals surface area contributed by atoms with Gasteiger partial charge in [0.25, 0.3) is 0 Å².